The lowest BCUT2D eigenvalue weighted by Crippen LogP contribution is -2.47. The highest BCUT2D eigenvalue weighted by atomic mass is 16.7. The zero-order valence-electron chi connectivity index (χ0n) is 18.3. The molecule has 0 saturated carbocycles. The highest BCUT2D eigenvalue weighted by molar-refractivity contribution is 5.85. The van der Waals surface area contributed by atoms with Crippen LogP contribution in [-0.2, 0) is 33.4 Å². The van der Waals surface area contributed by atoms with Crippen LogP contribution in [0.15, 0.2) is 0 Å². The van der Waals surface area contributed by atoms with Crippen molar-refractivity contribution in [2.75, 3.05) is 46.5 Å². The van der Waals surface area contributed by atoms with E-state index in [1.54, 1.807) is 6.92 Å². The van der Waals surface area contributed by atoms with Gasteiger partial charge in [0, 0.05) is 25.8 Å². The molecular weight excluding hydrogens is 432 g/mol. The second-order valence-corrected chi connectivity index (χ2v) is 6.91. The van der Waals surface area contributed by atoms with Gasteiger partial charge in [0.2, 0.25) is 5.91 Å². The molecule has 1 aliphatic heterocycles. The summed E-state index contributed by atoms with van der Waals surface area (Å²) in [6.07, 6.45) is -1.81. The van der Waals surface area contributed by atoms with Gasteiger partial charge >= 0.3 is 11.9 Å². The maximum absolute atomic E-state index is 11.2. The average molecular weight is 466 g/mol. The molecule has 186 valence electrons. The second-order valence-electron chi connectivity index (χ2n) is 6.91. The number of ether oxygens (including phenoxy) is 3. The Balaban J connectivity index is 0.000000607. The first-order valence-electron chi connectivity index (χ1n) is 10.1. The third kappa shape index (κ3) is 14.0. The Kier molecular flexibility index (Phi) is 16.2. The summed E-state index contributed by atoms with van der Waals surface area (Å²) < 4.78 is 16.0. The predicted molar refractivity (Wildman–Crippen MR) is 109 cm³/mol. The number of likely N-dealkylation sites (N-methyl/N-ethyl adjacent to an activating group) is 1. The minimum atomic E-state index is -1.30. The van der Waals surface area contributed by atoms with E-state index in [9.17, 15) is 29.4 Å². The van der Waals surface area contributed by atoms with E-state index in [1.165, 1.54) is 0 Å². The number of nitrogens with one attached hydrogen (secondary N) is 1. The Hall–Kier alpha value is -2.16. The molecule has 1 rings (SSSR count). The first-order valence-corrected chi connectivity index (χ1v) is 10.1. The molecule has 13 heteroatoms. The van der Waals surface area contributed by atoms with Crippen molar-refractivity contribution in [2.24, 2.45) is 0 Å². The standard InChI is InChI=1S/C11H23NO5.C8H11NO6/c1-8-9(13)7-10(14)11(17-8)16-6-5-15-4-3-12-2;10-3-1-2-6(11)9(4-7(12)13)5-8(14)15/h8-14H,3-7H2,1-2H3;3H,1-2,4-5H2,(H,12,13)(H,14,15)/t8-,9?,10+,11?;/m0./s1. The lowest BCUT2D eigenvalue weighted by atomic mass is 10.0. The summed E-state index contributed by atoms with van der Waals surface area (Å²) in [6.45, 7) is 2.67. The summed E-state index contributed by atoms with van der Waals surface area (Å²) in [4.78, 5) is 42.5. The maximum atomic E-state index is 11.2. The fourth-order valence-corrected chi connectivity index (χ4v) is 2.49. The number of aliphatic hydroxyl groups excluding tert-OH is 2. The van der Waals surface area contributed by atoms with Crippen LogP contribution < -0.4 is 5.32 Å². The number of carboxylic acid groups (broad SMARTS) is 2. The lowest BCUT2D eigenvalue weighted by Gasteiger charge is -2.35. The molecule has 1 saturated heterocycles. The van der Waals surface area contributed by atoms with Gasteiger partial charge in [-0.1, -0.05) is 0 Å². The van der Waals surface area contributed by atoms with Crippen molar-refractivity contribution in [2.45, 2.75) is 50.8 Å². The number of hydrogen-bond donors (Lipinski definition) is 5. The summed E-state index contributed by atoms with van der Waals surface area (Å²) >= 11 is 0. The van der Waals surface area contributed by atoms with Gasteiger partial charge in [-0.05, 0) is 14.0 Å². The van der Waals surface area contributed by atoms with Crippen LogP contribution in [0.4, 0.5) is 0 Å². The van der Waals surface area contributed by atoms with Crippen molar-refractivity contribution >= 4 is 24.1 Å². The molecule has 5 N–H and O–H groups in total. The Labute approximate surface area is 186 Å². The van der Waals surface area contributed by atoms with Crippen LogP contribution in [0.5, 0.6) is 0 Å². The van der Waals surface area contributed by atoms with Crippen LogP contribution in [0.1, 0.15) is 26.2 Å². The first kappa shape index (κ1) is 29.8. The summed E-state index contributed by atoms with van der Waals surface area (Å²) in [7, 11) is 1.86. The third-order valence-corrected chi connectivity index (χ3v) is 4.17. The number of hydrogen-bond acceptors (Lipinski definition) is 10. The summed E-state index contributed by atoms with van der Waals surface area (Å²) in [5.41, 5.74) is 0. The van der Waals surface area contributed by atoms with Crippen molar-refractivity contribution in [1.82, 2.24) is 10.2 Å². The molecule has 4 atom stereocenters. The van der Waals surface area contributed by atoms with Crippen molar-refractivity contribution in [3.63, 3.8) is 0 Å². The number of amides is 1. The van der Waals surface area contributed by atoms with Gasteiger partial charge in [0.1, 0.15) is 25.5 Å². The normalized spacial score (nSPS) is 22.4. The highest BCUT2D eigenvalue weighted by Gasteiger charge is 2.34. The molecular formula is C19H34N2O11. The smallest absolute Gasteiger partial charge is 0.323 e. The Morgan fingerprint density at radius 2 is 1.72 bits per heavy atom. The van der Waals surface area contributed by atoms with Crippen LogP contribution in [0.25, 0.3) is 0 Å². The highest BCUT2D eigenvalue weighted by Crippen LogP contribution is 2.20. The number of carboxylic acids is 2. The van der Waals surface area contributed by atoms with Crippen LogP contribution in [-0.4, -0.2) is 121 Å². The zero-order valence-corrected chi connectivity index (χ0v) is 18.3. The molecule has 13 nitrogen and oxygen atoms in total. The topological polar surface area (TPSA) is 192 Å². The van der Waals surface area contributed by atoms with E-state index in [1.807, 2.05) is 7.05 Å². The maximum Gasteiger partial charge on any atom is 0.323 e. The molecule has 0 bridgehead atoms. The number of aldehydes is 1. The van der Waals surface area contributed by atoms with E-state index in [0.717, 1.165) is 6.54 Å². The quantitative estimate of drug-likeness (QED) is 0.141. The van der Waals surface area contributed by atoms with Crippen LogP contribution in [0.2, 0.25) is 0 Å². The summed E-state index contributed by atoms with van der Waals surface area (Å²) in [6, 6.07) is 0. The van der Waals surface area contributed by atoms with E-state index in [2.05, 4.69) is 5.32 Å². The number of aliphatic hydroxyl groups is 2. The van der Waals surface area contributed by atoms with Gasteiger partial charge in [0.25, 0.3) is 0 Å². The number of carbonyl (C=O) groups is 4. The van der Waals surface area contributed by atoms with Gasteiger partial charge < -0.3 is 49.6 Å². The van der Waals surface area contributed by atoms with Gasteiger partial charge in [0.05, 0.1) is 32.0 Å². The largest absolute Gasteiger partial charge is 0.480 e. The van der Waals surface area contributed by atoms with Crippen molar-refractivity contribution < 1.29 is 53.8 Å². The monoisotopic (exact) mass is 466 g/mol. The Morgan fingerprint density at radius 1 is 1.09 bits per heavy atom. The molecule has 0 aromatic heterocycles. The van der Waals surface area contributed by atoms with E-state index in [4.69, 9.17) is 24.4 Å². The van der Waals surface area contributed by atoms with E-state index in [-0.39, 0.29) is 25.4 Å². The molecule has 0 radical (unpaired) electrons. The van der Waals surface area contributed by atoms with Gasteiger partial charge in [-0.25, -0.2) is 0 Å². The molecule has 0 aromatic carbocycles. The molecule has 0 spiro atoms. The van der Waals surface area contributed by atoms with Crippen LogP contribution in [0.3, 0.4) is 0 Å². The van der Waals surface area contributed by atoms with E-state index >= 15 is 0 Å². The lowest BCUT2D eigenvalue weighted by molar-refractivity contribution is -0.263. The Bertz CT molecular complexity index is 559. The second kappa shape index (κ2) is 17.4. The van der Waals surface area contributed by atoms with Crippen molar-refractivity contribution in [3.05, 3.63) is 0 Å². The fourth-order valence-electron chi connectivity index (χ4n) is 2.49. The zero-order chi connectivity index (χ0) is 24.5. The number of rotatable bonds is 14. The number of nitrogens with zero attached hydrogens (tertiary/aromatic N) is 1. The summed E-state index contributed by atoms with van der Waals surface area (Å²) in [5.74, 6) is -3.25. The molecule has 0 aliphatic carbocycles. The number of carbonyl (C=O) groups excluding carboxylic acids is 2. The molecule has 1 aliphatic rings. The molecule has 1 heterocycles. The minimum absolute atomic E-state index is 0.0471. The van der Waals surface area contributed by atoms with E-state index in [0.29, 0.717) is 31.0 Å². The SMILES string of the molecule is CNCCOCCOC1O[C@@H](C)C(O)C[C@H]1O.O=CCCC(=O)N(CC(=O)O)CC(=O)O. The minimum Gasteiger partial charge on any atom is -0.480 e. The van der Waals surface area contributed by atoms with Gasteiger partial charge in [-0.15, -0.1) is 0 Å². The molecule has 1 fully saturated rings. The molecule has 32 heavy (non-hydrogen) atoms. The fraction of sp³-hybridized carbons (Fsp3) is 0.789. The Morgan fingerprint density at radius 3 is 2.25 bits per heavy atom. The first-order chi connectivity index (χ1) is 15.1. The van der Waals surface area contributed by atoms with E-state index < -0.39 is 49.4 Å². The average Bonchev–Trinajstić information content (AvgIpc) is 2.71. The predicted octanol–water partition coefficient (Wildman–Crippen LogP) is -1.94. The molecule has 1 amide bonds. The number of aliphatic carboxylic acids is 2. The van der Waals surface area contributed by atoms with Gasteiger partial charge in [-0.2, -0.15) is 0 Å². The van der Waals surface area contributed by atoms with Crippen molar-refractivity contribution in [1.29, 1.82) is 0 Å². The molecule has 2 unspecified atom stereocenters. The van der Waals surface area contributed by atoms with Gasteiger partial charge in [-0.3, -0.25) is 14.4 Å². The van der Waals surface area contributed by atoms with Crippen LogP contribution in [0, 0.1) is 0 Å². The van der Waals surface area contributed by atoms with Gasteiger partial charge in [0.15, 0.2) is 6.29 Å². The molecule has 0 aromatic rings. The van der Waals surface area contributed by atoms with Crippen molar-refractivity contribution in [3.8, 4) is 0 Å². The van der Waals surface area contributed by atoms with Crippen LogP contribution >= 0.6 is 0 Å². The summed E-state index contributed by atoms with van der Waals surface area (Å²) in [5, 5.41) is 38.9. The third-order valence-electron chi connectivity index (χ3n) is 4.17.